The third-order valence-electron chi connectivity index (χ3n) is 5.69. The number of hydrogen-bond donors (Lipinski definition) is 1. The Kier molecular flexibility index (Phi) is 5.06. The van der Waals surface area contributed by atoms with Gasteiger partial charge in [0.05, 0.1) is 5.70 Å². The van der Waals surface area contributed by atoms with Gasteiger partial charge in [-0.25, -0.2) is 14.6 Å². The highest BCUT2D eigenvalue weighted by molar-refractivity contribution is 6.30. The van der Waals surface area contributed by atoms with Crippen LogP contribution in [0.15, 0.2) is 30.8 Å². The van der Waals surface area contributed by atoms with Gasteiger partial charge in [-0.3, -0.25) is 14.7 Å². The molecule has 3 aliphatic rings. The highest BCUT2D eigenvalue weighted by Crippen LogP contribution is 2.44. The second-order valence-electron chi connectivity index (χ2n) is 8.11. The Morgan fingerprint density at radius 3 is 2.56 bits per heavy atom. The van der Waals surface area contributed by atoms with Crippen molar-refractivity contribution in [1.29, 1.82) is 0 Å². The number of imidazole rings is 1. The van der Waals surface area contributed by atoms with E-state index in [1.54, 1.807) is 41.1 Å². The molecular weight excluding hydrogens is 430 g/mol. The number of rotatable bonds is 4. The van der Waals surface area contributed by atoms with Gasteiger partial charge in [-0.1, -0.05) is 24.1 Å². The van der Waals surface area contributed by atoms with Crippen LogP contribution in [-0.2, 0) is 4.74 Å². The number of ether oxygens (including phenoxy) is 1. The van der Waals surface area contributed by atoms with Crippen molar-refractivity contribution in [2.24, 2.45) is 0 Å². The molecule has 0 radical (unpaired) electrons. The number of fused-ring (bicyclic) bond motifs is 1. The first-order valence-corrected chi connectivity index (χ1v) is 10.9. The van der Waals surface area contributed by atoms with Crippen LogP contribution in [0.3, 0.4) is 0 Å². The lowest BCUT2D eigenvalue weighted by molar-refractivity contribution is 0.169. The van der Waals surface area contributed by atoms with E-state index in [1.165, 1.54) is 4.90 Å². The number of amides is 3. The van der Waals surface area contributed by atoms with Crippen LogP contribution >= 0.6 is 11.6 Å². The van der Waals surface area contributed by atoms with E-state index in [-0.39, 0.29) is 24.7 Å². The number of nitrogens with one attached hydrogen (secondary N) is 1. The average Bonchev–Trinajstić information content (AvgIpc) is 3.70. The fourth-order valence-electron chi connectivity index (χ4n) is 3.70. The highest BCUT2D eigenvalue weighted by atomic mass is 35.5. The zero-order valence-corrected chi connectivity index (χ0v) is 18.4. The molecule has 8 nitrogen and oxygen atoms in total. The monoisotopic (exact) mass is 451 g/mol. The summed E-state index contributed by atoms with van der Waals surface area (Å²) in [5.74, 6) is 6.70. The van der Waals surface area contributed by atoms with E-state index in [9.17, 15) is 9.59 Å². The largest absolute Gasteiger partial charge is 0.436 e. The van der Waals surface area contributed by atoms with Gasteiger partial charge >= 0.3 is 12.1 Å². The molecule has 2 aliphatic carbocycles. The van der Waals surface area contributed by atoms with Crippen LogP contribution in [0, 0.1) is 11.8 Å². The van der Waals surface area contributed by atoms with Gasteiger partial charge in [-0.15, -0.1) is 0 Å². The number of urea groups is 1. The van der Waals surface area contributed by atoms with Gasteiger partial charge in [0, 0.05) is 29.8 Å². The van der Waals surface area contributed by atoms with Gasteiger partial charge < -0.3 is 9.72 Å². The summed E-state index contributed by atoms with van der Waals surface area (Å²) in [6.07, 6.45) is 3.41. The van der Waals surface area contributed by atoms with E-state index in [0.717, 1.165) is 31.4 Å². The molecule has 2 aromatic rings. The molecule has 3 amide bonds. The standard InChI is InChI=1S/C23H22ClN5O3/c1-14-20-21(29(18-11-12-18)22(30)28(14)17-9-10-17)26-19(25-20)4-3-13-32-23(31)27(2)16-7-5-15(24)6-8-16/h5-8,17-18H,1,9-13H2,2H3,(H,25,26). The molecule has 1 aromatic carbocycles. The summed E-state index contributed by atoms with van der Waals surface area (Å²) < 4.78 is 5.22. The van der Waals surface area contributed by atoms with Gasteiger partial charge in [-0.2, -0.15) is 0 Å². The van der Waals surface area contributed by atoms with Crippen LogP contribution in [0.5, 0.6) is 0 Å². The third kappa shape index (κ3) is 3.80. The van der Waals surface area contributed by atoms with Gasteiger partial charge in [0.15, 0.2) is 18.2 Å². The molecule has 0 saturated heterocycles. The number of anilines is 2. The molecular formula is C23H22ClN5O3. The topological polar surface area (TPSA) is 81.8 Å². The number of benzene rings is 1. The second kappa shape index (κ2) is 7.92. The number of halogens is 1. The molecule has 1 N–H and O–H groups in total. The Labute approximate surface area is 190 Å². The summed E-state index contributed by atoms with van der Waals surface area (Å²) in [6.45, 7) is 4.03. The summed E-state index contributed by atoms with van der Waals surface area (Å²) in [7, 11) is 1.61. The normalized spacial score (nSPS) is 17.6. The summed E-state index contributed by atoms with van der Waals surface area (Å²) in [4.78, 5) is 37.9. The molecule has 164 valence electrons. The van der Waals surface area contributed by atoms with Crippen molar-refractivity contribution in [3.8, 4) is 11.8 Å². The average molecular weight is 452 g/mol. The predicted molar refractivity (Wildman–Crippen MR) is 121 cm³/mol. The number of nitrogens with zero attached hydrogens (tertiary/aromatic N) is 4. The quantitative estimate of drug-likeness (QED) is 0.705. The Hall–Kier alpha value is -3.44. The van der Waals surface area contributed by atoms with E-state index in [2.05, 4.69) is 28.4 Å². The van der Waals surface area contributed by atoms with Crippen molar-refractivity contribution in [1.82, 2.24) is 14.9 Å². The van der Waals surface area contributed by atoms with Crippen molar-refractivity contribution in [2.75, 3.05) is 23.5 Å². The van der Waals surface area contributed by atoms with Crippen molar-refractivity contribution in [2.45, 2.75) is 37.8 Å². The SMILES string of the molecule is C=C1c2[nH]c(C#CCOC(=O)N(C)c3ccc(Cl)cc3)nc2N(C2CC2)C(=O)N1C1CC1. The van der Waals surface area contributed by atoms with E-state index in [1.807, 2.05) is 0 Å². The smallest absolute Gasteiger partial charge is 0.414 e. The Balaban J connectivity index is 1.27. The molecule has 32 heavy (non-hydrogen) atoms. The molecule has 2 saturated carbocycles. The van der Waals surface area contributed by atoms with Crippen LogP contribution in [0.2, 0.25) is 5.02 Å². The maximum atomic E-state index is 13.0. The van der Waals surface area contributed by atoms with Crippen LogP contribution in [0.4, 0.5) is 21.1 Å². The fourth-order valence-corrected chi connectivity index (χ4v) is 3.82. The summed E-state index contributed by atoms with van der Waals surface area (Å²) >= 11 is 5.88. The van der Waals surface area contributed by atoms with Crippen LogP contribution in [-0.4, -0.2) is 52.7 Å². The Morgan fingerprint density at radius 2 is 1.91 bits per heavy atom. The van der Waals surface area contributed by atoms with Crippen molar-refractivity contribution in [3.63, 3.8) is 0 Å². The molecule has 2 fully saturated rings. The lowest BCUT2D eigenvalue weighted by Gasteiger charge is -2.35. The highest BCUT2D eigenvalue weighted by Gasteiger charge is 2.47. The maximum Gasteiger partial charge on any atom is 0.414 e. The van der Waals surface area contributed by atoms with Crippen molar-refractivity contribution >= 4 is 40.9 Å². The van der Waals surface area contributed by atoms with Gasteiger partial charge in [0.2, 0.25) is 0 Å². The molecule has 0 spiro atoms. The lowest BCUT2D eigenvalue weighted by Crippen LogP contribution is -2.48. The van der Waals surface area contributed by atoms with Crippen LogP contribution < -0.4 is 9.80 Å². The molecule has 1 aliphatic heterocycles. The Morgan fingerprint density at radius 1 is 1.25 bits per heavy atom. The van der Waals surface area contributed by atoms with E-state index in [4.69, 9.17) is 16.3 Å². The third-order valence-corrected chi connectivity index (χ3v) is 5.94. The fraction of sp³-hybridized carbons (Fsp3) is 0.348. The van der Waals surface area contributed by atoms with E-state index < -0.39 is 6.09 Å². The number of aromatic nitrogens is 2. The van der Waals surface area contributed by atoms with E-state index >= 15 is 0 Å². The zero-order valence-electron chi connectivity index (χ0n) is 17.6. The first-order chi connectivity index (χ1) is 15.4. The maximum absolute atomic E-state index is 13.0. The summed E-state index contributed by atoms with van der Waals surface area (Å²) in [5.41, 5.74) is 2.03. The van der Waals surface area contributed by atoms with Gasteiger partial charge in [0.1, 0.15) is 5.69 Å². The van der Waals surface area contributed by atoms with Crippen LogP contribution in [0.1, 0.15) is 37.2 Å². The van der Waals surface area contributed by atoms with E-state index in [0.29, 0.717) is 28.0 Å². The molecule has 9 heteroatoms. The van der Waals surface area contributed by atoms with Crippen molar-refractivity contribution in [3.05, 3.63) is 47.4 Å². The number of H-pyrrole nitrogens is 1. The van der Waals surface area contributed by atoms with Gasteiger partial charge in [-0.05, 0) is 55.9 Å². The second-order valence-corrected chi connectivity index (χ2v) is 8.54. The lowest BCUT2D eigenvalue weighted by atomic mass is 10.2. The minimum absolute atomic E-state index is 0.0438. The molecule has 0 unspecified atom stereocenters. The minimum Gasteiger partial charge on any atom is -0.436 e. The number of carbonyl (C=O) groups excluding carboxylic acids is 2. The molecule has 0 bridgehead atoms. The summed E-state index contributed by atoms with van der Waals surface area (Å²) in [5, 5.41) is 0.590. The Bertz CT molecular complexity index is 1150. The van der Waals surface area contributed by atoms with Gasteiger partial charge in [0.25, 0.3) is 0 Å². The molecule has 1 aromatic heterocycles. The number of carbonyl (C=O) groups is 2. The zero-order chi connectivity index (χ0) is 22.4. The number of aromatic amines is 1. The van der Waals surface area contributed by atoms with Crippen LogP contribution in [0.25, 0.3) is 5.70 Å². The predicted octanol–water partition coefficient (Wildman–Crippen LogP) is 4.23. The molecule has 0 atom stereocenters. The number of hydrogen-bond acceptors (Lipinski definition) is 4. The first kappa shape index (κ1) is 20.5. The molecule has 2 heterocycles. The molecule has 5 rings (SSSR count). The first-order valence-electron chi connectivity index (χ1n) is 10.5. The van der Waals surface area contributed by atoms with Crippen molar-refractivity contribution < 1.29 is 14.3 Å². The summed E-state index contributed by atoms with van der Waals surface area (Å²) in [6, 6.07) is 7.22. The minimum atomic E-state index is -0.528.